The van der Waals surface area contributed by atoms with E-state index in [1.165, 1.54) is 0 Å². The van der Waals surface area contributed by atoms with Gasteiger partial charge >= 0.3 is 23.9 Å². The number of carboxylic acids is 4. The van der Waals surface area contributed by atoms with E-state index in [0.29, 0.717) is 43.8 Å². The lowest BCUT2D eigenvalue weighted by molar-refractivity contribution is -0.134. The van der Waals surface area contributed by atoms with Crippen LogP contribution in [0.1, 0.15) is 22.6 Å². The van der Waals surface area contributed by atoms with E-state index < -0.39 is 23.9 Å². The van der Waals surface area contributed by atoms with Crippen molar-refractivity contribution in [2.24, 2.45) is 0 Å². The molecular formula is C32H37N5O10. The average molecular weight is 652 g/mol. The van der Waals surface area contributed by atoms with Gasteiger partial charge in [0.15, 0.2) is 5.78 Å². The number of fused-ring (bicyclic) bond motifs is 1. The van der Waals surface area contributed by atoms with E-state index >= 15 is 0 Å². The van der Waals surface area contributed by atoms with Crippen molar-refractivity contribution in [3.8, 4) is 0 Å². The lowest BCUT2D eigenvalue weighted by Crippen LogP contribution is -2.49. The van der Waals surface area contributed by atoms with Crippen LogP contribution in [-0.4, -0.2) is 115 Å². The van der Waals surface area contributed by atoms with E-state index in [2.05, 4.69) is 25.8 Å². The number of aryl methyl sites for hydroxylation is 1. The molecule has 3 aromatic rings. The quantitative estimate of drug-likeness (QED) is 0.139. The van der Waals surface area contributed by atoms with E-state index in [9.17, 15) is 28.8 Å². The van der Waals surface area contributed by atoms with Gasteiger partial charge in [-0.25, -0.2) is 24.2 Å². The van der Waals surface area contributed by atoms with Gasteiger partial charge in [-0.3, -0.25) is 19.4 Å². The van der Waals surface area contributed by atoms with Crippen LogP contribution in [0.3, 0.4) is 0 Å². The molecule has 1 aliphatic rings. The molecule has 0 radical (unpaired) electrons. The molecule has 1 saturated heterocycles. The van der Waals surface area contributed by atoms with E-state index in [1.54, 1.807) is 7.05 Å². The number of ketones is 1. The summed E-state index contributed by atoms with van der Waals surface area (Å²) in [4.78, 5) is 71.9. The molecule has 250 valence electrons. The second kappa shape index (κ2) is 19.7. The molecule has 0 aliphatic carbocycles. The van der Waals surface area contributed by atoms with Gasteiger partial charge in [0, 0.05) is 76.1 Å². The summed E-state index contributed by atoms with van der Waals surface area (Å²) in [5, 5.41) is 33.9. The van der Waals surface area contributed by atoms with Crippen molar-refractivity contribution in [1.82, 2.24) is 24.7 Å². The molecule has 1 fully saturated rings. The highest BCUT2D eigenvalue weighted by Gasteiger charge is 2.21. The highest BCUT2D eigenvalue weighted by atomic mass is 16.4. The van der Waals surface area contributed by atoms with Gasteiger partial charge < -0.3 is 30.3 Å². The van der Waals surface area contributed by atoms with Crippen LogP contribution < -0.4 is 5.32 Å². The van der Waals surface area contributed by atoms with Gasteiger partial charge in [-0.15, -0.1) is 0 Å². The number of carbonyl (C=O) groups excluding carboxylic acids is 2. The number of amides is 1. The maximum atomic E-state index is 12.6. The van der Waals surface area contributed by atoms with Gasteiger partial charge in [0.1, 0.15) is 5.82 Å². The summed E-state index contributed by atoms with van der Waals surface area (Å²) in [5.74, 6) is -3.84. The molecule has 0 atom stereocenters. The summed E-state index contributed by atoms with van der Waals surface area (Å²) in [6.07, 6.45) is 2.67. The maximum Gasteiger partial charge on any atom is 0.328 e. The summed E-state index contributed by atoms with van der Waals surface area (Å²) in [6.45, 7) is 5.30. The number of likely N-dealkylation sites (N-methyl/N-ethyl adjacent to an activating group) is 1. The van der Waals surface area contributed by atoms with Crippen molar-refractivity contribution in [1.29, 1.82) is 0 Å². The Labute approximate surface area is 270 Å². The fourth-order valence-electron chi connectivity index (χ4n) is 4.35. The number of aliphatic carboxylic acids is 4. The SMILES string of the molecule is CNC(=O)CN1CCN(Cc2nc3ccccc3n2CCC(=O)c2ccccc2)CC1.O=C(O)/C=C/C(=O)O.O=C(O)/C=C/C(=O)O. The third-order valence-electron chi connectivity index (χ3n) is 6.60. The lowest BCUT2D eigenvalue weighted by atomic mass is 10.1. The Bertz CT molecular complexity index is 1530. The van der Waals surface area contributed by atoms with Gasteiger partial charge in [0.05, 0.1) is 24.1 Å². The summed E-state index contributed by atoms with van der Waals surface area (Å²) >= 11 is 0. The number of nitrogens with one attached hydrogen (secondary N) is 1. The molecule has 0 saturated carbocycles. The number of hydrogen-bond donors (Lipinski definition) is 5. The number of aromatic nitrogens is 2. The van der Waals surface area contributed by atoms with Crippen molar-refractivity contribution in [3.05, 3.63) is 90.3 Å². The molecule has 0 unspecified atom stereocenters. The minimum atomic E-state index is -1.26. The molecule has 15 nitrogen and oxygen atoms in total. The van der Waals surface area contributed by atoms with Gasteiger partial charge in [-0.2, -0.15) is 0 Å². The van der Waals surface area contributed by atoms with Crippen LogP contribution in [-0.2, 0) is 37.1 Å². The fourth-order valence-corrected chi connectivity index (χ4v) is 4.35. The van der Waals surface area contributed by atoms with Gasteiger partial charge in [-0.05, 0) is 12.1 Å². The van der Waals surface area contributed by atoms with Crippen molar-refractivity contribution >= 4 is 46.6 Å². The normalized spacial score (nSPS) is 13.3. The van der Waals surface area contributed by atoms with Crippen molar-refractivity contribution in [2.45, 2.75) is 19.5 Å². The average Bonchev–Trinajstić information content (AvgIpc) is 3.40. The number of hydrogen-bond acceptors (Lipinski definition) is 9. The van der Waals surface area contributed by atoms with Crippen molar-refractivity contribution in [2.75, 3.05) is 39.8 Å². The van der Waals surface area contributed by atoms with Crippen molar-refractivity contribution < 1.29 is 49.2 Å². The number of para-hydroxylation sites is 2. The first-order chi connectivity index (χ1) is 22.4. The van der Waals surface area contributed by atoms with Crippen molar-refractivity contribution in [3.63, 3.8) is 0 Å². The van der Waals surface area contributed by atoms with E-state index in [-0.39, 0.29) is 11.7 Å². The third kappa shape index (κ3) is 14.3. The molecular weight excluding hydrogens is 614 g/mol. The topological polar surface area (TPSA) is 220 Å². The maximum absolute atomic E-state index is 12.6. The number of imidazole rings is 1. The molecule has 1 amide bonds. The zero-order valence-electron chi connectivity index (χ0n) is 25.7. The zero-order chi connectivity index (χ0) is 34.8. The summed E-state index contributed by atoms with van der Waals surface area (Å²) in [6, 6.07) is 17.6. The molecule has 15 heteroatoms. The second-order valence-electron chi connectivity index (χ2n) is 9.95. The Kier molecular flexibility index (Phi) is 15.7. The predicted octanol–water partition coefficient (Wildman–Crippen LogP) is 1.60. The van der Waals surface area contributed by atoms with Crippen LogP contribution in [0.5, 0.6) is 0 Å². The van der Waals surface area contributed by atoms with Crippen LogP contribution in [0.15, 0.2) is 78.9 Å². The smallest absolute Gasteiger partial charge is 0.328 e. The van der Waals surface area contributed by atoms with Gasteiger partial charge in [-0.1, -0.05) is 42.5 Å². The highest BCUT2D eigenvalue weighted by Crippen LogP contribution is 2.19. The minimum absolute atomic E-state index is 0.0540. The zero-order valence-corrected chi connectivity index (χ0v) is 25.7. The molecule has 0 bridgehead atoms. The summed E-state index contributed by atoms with van der Waals surface area (Å²) < 4.78 is 2.19. The molecule has 2 heterocycles. The van der Waals surface area contributed by atoms with Gasteiger partial charge in [0.2, 0.25) is 5.91 Å². The summed E-state index contributed by atoms with van der Waals surface area (Å²) in [7, 11) is 1.67. The number of carboxylic acid groups (broad SMARTS) is 4. The van der Waals surface area contributed by atoms with Crippen LogP contribution in [0.2, 0.25) is 0 Å². The second-order valence-corrected chi connectivity index (χ2v) is 9.95. The van der Waals surface area contributed by atoms with Crippen LogP contribution >= 0.6 is 0 Å². The molecule has 5 N–H and O–H groups in total. The Morgan fingerprint density at radius 3 is 1.72 bits per heavy atom. The minimum Gasteiger partial charge on any atom is -0.478 e. The number of Topliss-reactive ketones (excluding diaryl/α,β-unsaturated/α-hetero) is 1. The Hall–Kier alpha value is -5.67. The Morgan fingerprint density at radius 2 is 1.21 bits per heavy atom. The molecule has 0 spiro atoms. The van der Waals surface area contributed by atoms with E-state index in [0.717, 1.165) is 55.1 Å². The molecule has 47 heavy (non-hydrogen) atoms. The number of rotatable bonds is 12. The number of nitrogens with zero attached hydrogens (tertiary/aromatic N) is 4. The molecule has 1 aromatic heterocycles. The predicted molar refractivity (Wildman–Crippen MR) is 170 cm³/mol. The number of benzene rings is 2. The van der Waals surface area contributed by atoms with Gasteiger partial charge in [0.25, 0.3) is 0 Å². The highest BCUT2D eigenvalue weighted by molar-refractivity contribution is 5.96. The van der Waals surface area contributed by atoms with E-state index in [1.807, 2.05) is 48.5 Å². The monoisotopic (exact) mass is 651 g/mol. The first-order valence-electron chi connectivity index (χ1n) is 14.3. The Balaban J connectivity index is 0.000000397. The standard InChI is InChI=1S/C24H29N5O2.2C4H4O4/c1-25-24(31)18-28-15-13-27(14-16-28)17-23-26-20-9-5-6-10-21(20)29(23)12-11-22(30)19-7-3-2-4-8-19;2*5-3(6)1-2-4(7)8/h2-10H,11-18H2,1H3,(H,25,31);2*1-2H,(H,5,6)(H,7,8)/b;2*2-1+. The summed E-state index contributed by atoms with van der Waals surface area (Å²) in [5.41, 5.74) is 2.78. The van der Waals surface area contributed by atoms with Crippen LogP contribution in [0, 0.1) is 0 Å². The van der Waals surface area contributed by atoms with E-state index in [4.69, 9.17) is 25.4 Å². The molecule has 2 aromatic carbocycles. The first kappa shape index (κ1) is 37.5. The van der Waals surface area contributed by atoms with Crippen LogP contribution in [0.25, 0.3) is 11.0 Å². The van der Waals surface area contributed by atoms with Crippen LogP contribution in [0.4, 0.5) is 0 Å². The first-order valence-corrected chi connectivity index (χ1v) is 14.3. The molecule has 1 aliphatic heterocycles. The Morgan fingerprint density at radius 1 is 0.723 bits per heavy atom. The molecule has 4 rings (SSSR count). The fraction of sp³-hybridized carbons (Fsp3) is 0.281. The number of carbonyl (C=O) groups is 6. The number of piperazine rings is 1. The largest absolute Gasteiger partial charge is 0.478 e. The third-order valence-corrected chi connectivity index (χ3v) is 6.60. The lowest BCUT2D eigenvalue weighted by Gasteiger charge is -2.34.